The maximum Gasteiger partial charge on any atom is 0.265 e. The Labute approximate surface area is 163 Å². The maximum atomic E-state index is 12.4. The highest BCUT2D eigenvalue weighted by Gasteiger charge is 2.18. The third kappa shape index (κ3) is 4.60. The quantitative estimate of drug-likeness (QED) is 0.620. The Hall–Kier alpha value is -2.98. The summed E-state index contributed by atoms with van der Waals surface area (Å²) >= 11 is 6.36. The van der Waals surface area contributed by atoms with Crippen LogP contribution in [0.4, 0.5) is 5.69 Å². The number of carbonyl (C=O) groups excluding carboxylic acids is 1. The van der Waals surface area contributed by atoms with E-state index in [1.807, 2.05) is 54.6 Å². The Morgan fingerprint density at radius 3 is 2.33 bits per heavy atom. The van der Waals surface area contributed by atoms with Crippen LogP contribution in [0.2, 0.25) is 5.02 Å². The van der Waals surface area contributed by atoms with Crippen molar-refractivity contribution in [3.05, 3.63) is 77.8 Å². The zero-order valence-electron chi connectivity index (χ0n) is 15.1. The molecule has 1 N–H and O–H groups in total. The molecule has 0 aromatic heterocycles. The molecule has 3 aromatic carbocycles. The van der Waals surface area contributed by atoms with Crippen molar-refractivity contribution in [3.8, 4) is 22.6 Å². The molecule has 0 saturated carbocycles. The first-order chi connectivity index (χ1) is 13.1. The molecule has 0 radical (unpaired) electrons. The molecule has 1 amide bonds. The van der Waals surface area contributed by atoms with Gasteiger partial charge in [0.1, 0.15) is 11.5 Å². The molecule has 0 heterocycles. The minimum atomic E-state index is -0.727. The van der Waals surface area contributed by atoms with Gasteiger partial charge in [0.15, 0.2) is 6.10 Å². The van der Waals surface area contributed by atoms with Gasteiger partial charge in [-0.15, -0.1) is 0 Å². The van der Waals surface area contributed by atoms with Crippen molar-refractivity contribution in [2.24, 2.45) is 0 Å². The minimum absolute atomic E-state index is 0.289. The van der Waals surface area contributed by atoms with Crippen molar-refractivity contribution < 1.29 is 14.3 Å². The molecule has 3 rings (SSSR count). The van der Waals surface area contributed by atoms with Crippen molar-refractivity contribution in [2.75, 3.05) is 12.4 Å². The van der Waals surface area contributed by atoms with Crippen LogP contribution in [0, 0.1) is 0 Å². The van der Waals surface area contributed by atoms with E-state index in [4.69, 9.17) is 21.1 Å². The number of nitrogens with one attached hydrogen (secondary N) is 1. The molecule has 27 heavy (non-hydrogen) atoms. The third-order valence-corrected chi connectivity index (χ3v) is 4.37. The summed E-state index contributed by atoms with van der Waals surface area (Å²) in [5.74, 6) is 0.755. The molecule has 3 aromatic rings. The van der Waals surface area contributed by atoms with Gasteiger partial charge in [0.2, 0.25) is 0 Å². The smallest absolute Gasteiger partial charge is 0.265 e. The SMILES string of the molecule is COc1ccccc1NC(=O)C(C)Oc1ccc(-c2ccccc2)cc1Cl. The number of carbonyl (C=O) groups is 1. The molecule has 0 saturated heterocycles. The van der Waals surface area contributed by atoms with Crippen molar-refractivity contribution in [3.63, 3.8) is 0 Å². The van der Waals surface area contributed by atoms with Crippen molar-refractivity contribution >= 4 is 23.2 Å². The fourth-order valence-electron chi connectivity index (χ4n) is 2.63. The Balaban J connectivity index is 1.70. The highest BCUT2D eigenvalue weighted by atomic mass is 35.5. The number of para-hydroxylation sites is 2. The van der Waals surface area contributed by atoms with Crippen LogP contribution in [-0.4, -0.2) is 19.1 Å². The van der Waals surface area contributed by atoms with E-state index in [0.29, 0.717) is 22.2 Å². The number of halogens is 1. The summed E-state index contributed by atoms with van der Waals surface area (Å²) < 4.78 is 11.0. The summed E-state index contributed by atoms with van der Waals surface area (Å²) in [6.45, 7) is 1.67. The standard InChI is InChI=1S/C22H20ClNO3/c1-15(22(25)24-19-10-6-7-11-21(19)26-2)27-20-13-12-17(14-18(20)23)16-8-4-3-5-9-16/h3-15H,1-2H3,(H,24,25). The molecule has 1 unspecified atom stereocenters. The monoisotopic (exact) mass is 381 g/mol. The Morgan fingerprint density at radius 1 is 0.926 bits per heavy atom. The third-order valence-electron chi connectivity index (χ3n) is 4.08. The van der Waals surface area contributed by atoms with E-state index in [1.54, 1.807) is 32.2 Å². The van der Waals surface area contributed by atoms with Crippen LogP contribution in [0.1, 0.15) is 6.92 Å². The van der Waals surface area contributed by atoms with Gasteiger partial charge in [-0.2, -0.15) is 0 Å². The van der Waals surface area contributed by atoms with E-state index in [1.165, 1.54) is 0 Å². The summed E-state index contributed by atoms with van der Waals surface area (Å²) in [7, 11) is 1.55. The second-order valence-electron chi connectivity index (χ2n) is 5.96. The van der Waals surface area contributed by atoms with Crippen LogP contribution >= 0.6 is 11.6 Å². The van der Waals surface area contributed by atoms with Crippen molar-refractivity contribution in [1.82, 2.24) is 0 Å². The predicted molar refractivity (Wildman–Crippen MR) is 109 cm³/mol. The van der Waals surface area contributed by atoms with E-state index in [-0.39, 0.29) is 5.91 Å². The molecule has 5 heteroatoms. The number of benzene rings is 3. The summed E-state index contributed by atoms with van der Waals surface area (Å²) in [6.07, 6.45) is -0.727. The van der Waals surface area contributed by atoms with Crippen LogP contribution in [0.25, 0.3) is 11.1 Å². The molecular weight excluding hydrogens is 362 g/mol. The minimum Gasteiger partial charge on any atom is -0.495 e. The molecule has 0 aliphatic carbocycles. The van der Waals surface area contributed by atoms with E-state index in [9.17, 15) is 4.79 Å². The summed E-state index contributed by atoms with van der Waals surface area (Å²) in [5.41, 5.74) is 2.64. The number of rotatable bonds is 6. The summed E-state index contributed by atoms with van der Waals surface area (Å²) in [4.78, 5) is 12.4. The van der Waals surface area contributed by atoms with Gasteiger partial charge in [-0.25, -0.2) is 0 Å². The van der Waals surface area contributed by atoms with Gasteiger partial charge in [-0.1, -0.05) is 60.1 Å². The number of methoxy groups -OCH3 is 1. The fraction of sp³-hybridized carbons (Fsp3) is 0.136. The lowest BCUT2D eigenvalue weighted by Crippen LogP contribution is -2.30. The average Bonchev–Trinajstić information content (AvgIpc) is 2.70. The van der Waals surface area contributed by atoms with E-state index in [0.717, 1.165) is 11.1 Å². The molecule has 1 atom stereocenters. The molecule has 4 nitrogen and oxygen atoms in total. The van der Waals surface area contributed by atoms with Gasteiger partial charge in [-0.3, -0.25) is 4.79 Å². The van der Waals surface area contributed by atoms with Crippen LogP contribution in [0.15, 0.2) is 72.8 Å². The maximum absolute atomic E-state index is 12.4. The summed E-state index contributed by atoms with van der Waals surface area (Å²) in [6, 6.07) is 22.7. The normalized spacial score (nSPS) is 11.5. The van der Waals surface area contributed by atoms with E-state index in [2.05, 4.69) is 5.32 Å². The second-order valence-corrected chi connectivity index (χ2v) is 6.37. The van der Waals surface area contributed by atoms with Gasteiger partial charge < -0.3 is 14.8 Å². The lowest BCUT2D eigenvalue weighted by atomic mass is 10.1. The molecule has 0 bridgehead atoms. The molecule has 0 aliphatic rings. The van der Waals surface area contributed by atoms with Crippen LogP contribution in [-0.2, 0) is 4.79 Å². The molecular formula is C22H20ClNO3. The van der Waals surface area contributed by atoms with Crippen molar-refractivity contribution in [1.29, 1.82) is 0 Å². The van der Waals surface area contributed by atoms with Gasteiger partial charge in [0.25, 0.3) is 5.91 Å². The van der Waals surface area contributed by atoms with Crippen LogP contribution in [0.5, 0.6) is 11.5 Å². The Morgan fingerprint density at radius 2 is 1.63 bits per heavy atom. The van der Waals surface area contributed by atoms with Gasteiger partial charge in [-0.05, 0) is 42.3 Å². The molecule has 0 fully saturated rings. The van der Waals surface area contributed by atoms with Crippen molar-refractivity contribution in [2.45, 2.75) is 13.0 Å². The highest BCUT2D eigenvalue weighted by molar-refractivity contribution is 6.32. The van der Waals surface area contributed by atoms with Crippen LogP contribution < -0.4 is 14.8 Å². The number of amides is 1. The fourth-order valence-corrected chi connectivity index (χ4v) is 2.86. The predicted octanol–water partition coefficient (Wildman–Crippen LogP) is 5.42. The van der Waals surface area contributed by atoms with E-state index < -0.39 is 6.10 Å². The first-order valence-electron chi connectivity index (χ1n) is 8.54. The number of anilines is 1. The molecule has 0 aliphatic heterocycles. The van der Waals surface area contributed by atoms with Gasteiger partial charge in [0.05, 0.1) is 17.8 Å². The Bertz CT molecular complexity index is 928. The largest absolute Gasteiger partial charge is 0.495 e. The Kier molecular flexibility index (Phi) is 5.99. The first-order valence-corrected chi connectivity index (χ1v) is 8.92. The van der Waals surface area contributed by atoms with Gasteiger partial charge in [0, 0.05) is 0 Å². The van der Waals surface area contributed by atoms with Crippen LogP contribution in [0.3, 0.4) is 0 Å². The second kappa shape index (κ2) is 8.60. The topological polar surface area (TPSA) is 47.6 Å². The number of hydrogen-bond donors (Lipinski definition) is 1. The number of hydrogen-bond acceptors (Lipinski definition) is 3. The lowest BCUT2D eigenvalue weighted by Gasteiger charge is -2.17. The number of ether oxygens (including phenoxy) is 2. The average molecular weight is 382 g/mol. The molecule has 0 spiro atoms. The zero-order valence-corrected chi connectivity index (χ0v) is 15.9. The summed E-state index contributed by atoms with van der Waals surface area (Å²) in [5, 5.41) is 3.26. The van der Waals surface area contributed by atoms with E-state index >= 15 is 0 Å². The zero-order chi connectivity index (χ0) is 19.2. The first kappa shape index (κ1) is 18.8. The highest BCUT2D eigenvalue weighted by Crippen LogP contribution is 2.31. The lowest BCUT2D eigenvalue weighted by molar-refractivity contribution is -0.122. The molecule has 138 valence electrons. The van der Waals surface area contributed by atoms with Gasteiger partial charge >= 0.3 is 0 Å².